The van der Waals surface area contributed by atoms with Crippen LogP contribution in [-0.2, 0) is 4.74 Å². The third-order valence-electron chi connectivity index (χ3n) is 8.28. The molecule has 0 unspecified atom stereocenters. The molecule has 0 heterocycles. The summed E-state index contributed by atoms with van der Waals surface area (Å²) in [7, 11) is 1.91. The Hall–Kier alpha value is -0.340. The van der Waals surface area contributed by atoms with Crippen molar-refractivity contribution in [3.05, 3.63) is 11.6 Å². The molecule has 0 radical (unpaired) electrons. The van der Waals surface area contributed by atoms with E-state index in [2.05, 4.69) is 19.9 Å². The van der Waals surface area contributed by atoms with E-state index in [1.807, 2.05) is 7.11 Å². The van der Waals surface area contributed by atoms with Crippen LogP contribution in [0.5, 0.6) is 0 Å². The summed E-state index contributed by atoms with van der Waals surface area (Å²) >= 11 is 0. The highest BCUT2D eigenvalue weighted by atomic mass is 16.5. The molecule has 0 saturated heterocycles. The molecule has 3 saturated carbocycles. The summed E-state index contributed by atoms with van der Waals surface area (Å²) in [5.41, 5.74) is 2.36. The Balaban J connectivity index is 1.66. The van der Waals surface area contributed by atoms with Gasteiger partial charge in [-0.25, -0.2) is 0 Å². The molecule has 1 N–H and O–H groups in total. The van der Waals surface area contributed by atoms with E-state index in [0.717, 1.165) is 30.6 Å². The molecule has 124 valence electrons. The molecule has 22 heavy (non-hydrogen) atoms. The van der Waals surface area contributed by atoms with Crippen LogP contribution < -0.4 is 0 Å². The van der Waals surface area contributed by atoms with Crippen LogP contribution in [0.4, 0.5) is 0 Å². The molecule has 0 aromatic rings. The van der Waals surface area contributed by atoms with Gasteiger partial charge in [-0.3, -0.25) is 0 Å². The zero-order valence-corrected chi connectivity index (χ0v) is 14.5. The van der Waals surface area contributed by atoms with Crippen LogP contribution in [0.2, 0.25) is 0 Å². The quantitative estimate of drug-likeness (QED) is 0.731. The fraction of sp³-hybridized carbons (Fsp3) is 0.900. The smallest absolute Gasteiger partial charge is 0.0627 e. The molecule has 0 spiro atoms. The van der Waals surface area contributed by atoms with Crippen LogP contribution in [0.25, 0.3) is 0 Å². The molecular weight excluding hydrogens is 272 g/mol. The van der Waals surface area contributed by atoms with Crippen LogP contribution in [0, 0.1) is 28.6 Å². The molecule has 3 fully saturated rings. The van der Waals surface area contributed by atoms with E-state index in [-0.39, 0.29) is 6.10 Å². The molecule has 0 aromatic heterocycles. The van der Waals surface area contributed by atoms with Gasteiger partial charge in [0.25, 0.3) is 0 Å². The second-order valence-electron chi connectivity index (χ2n) is 9.00. The van der Waals surface area contributed by atoms with Gasteiger partial charge in [0.2, 0.25) is 0 Å². The lowest BCUT2D eigenvalue weighted by Gasteiger charge is -2.57. The highest BCUT2D eigenvalue weighted by molar-refractivity contribution is 5.25. The minimum absolute atomic E-state index is 0.0888. The second kappa shape index (κ2) is 5.08. The van der Waals surface area contributed by atoms with Crippen molar-refractivity contribution in [3.8, 4) is 0 Å². The van der Waals surface area contributed by atoms with Crippen molar-refractivity contribution < 1.29 is 9.84 Å². The predicted molar refractivity (Wildman–Crippen MR) is 88.5 cm³/mol. The number of fused-ring (bicyclic) bond motifs is 5. The highest BCUT2D eigenvalue weighted by Crippen LogP contribution is 2.65. The normalized spacial score (nSPS) is 54.2. The van der Waals surface area contributed by atoms with Gasteiger partial charge in [0.1, 0.15) is 0 Å². The van der Waals surface area contributed by atoms with E-state index >= 15 is 0 Å². The van der Waals surface area contributed by atoms with Crippen LogP contribution >= 0.6 is 0 Å². The van der Waals surface area contributed by atoms with Gasteiger partial charge < -0.3 is 9.84 Å². The van der Waals surface area contributed by atoms with Gasteiger partial charge in [-0.1, -0.05) is 25.5 Å². The molecule has 0 bridgehead atoms. The summed E-state index contributed by atoms with van der Waals surface area (Å²) in [6, 6.07) is 0. The van der Waals surface area contributed by atoms with Gasteiger partial charge in [0, 0.05) is 7.11 Å². The van der Waals surface area contributed by atoms with Gasteiger partial charge in [0.15, 0.2) is 0 Å². The molecule has 7 atom stereocenters. The lowest BCUT2D eigenvalue weighted by molar-refractivity contribution is -0.0820. The number of aliphatic hydroxyl groups excluding tert-OH is 1. The van der Waals surface area contributed by atoms with E-state index in [0.29, 0.717) is 16.9 Å². The summed E-state index contributed by atoms with van der Waals surface area (Å²) in [6.45, 7) is 5.01. The molecule has 4 aliphatic carbocycles. The first-order chi connectivity index (χ1) is 10.5. The molecule has 0 aliphatic heterocycles. The largest absolute Gasteiger partial charge is 0.393 e. The van der Waals surface area contributed by atoms with Gasteiger partial charge in [0.05, 0.1) is 12.2 Å². The minimum Gasteiger partial charge on any atom is -0.393 e. The SMILES string of the molecule is CO[C@H]1CC[C@@H]2[C@H]3CC=C4C[C@@H](O)CC[C@]4(C)[C@@H]3CC[C@]12C. The van der Waals surface area contributed by atoms with Gasteiger partial charge >= 0.3 is 0 Å². The summed E-state index contributed by atoms with van der Waals surface area (Å²) in [5, 5.41) is 10.1. The highest BCUT2D eigenvalue weighted by Gasteiger charge is 2.58. The maximum atomic E-state index is 10.1. The molecular formula is C20H32O2. The van der Waals surface area contributed by atoms with Crippen LogP contribution in [0.1, 0.15) is 65.2 Å². The third kappa shape index (κ3) is 1.92. The molecule has 2 heteroatoms. The van der Waals surface area contributed by atoms with Crippen molar-refractivity contribution in [2.45, 2.75) is 77.4 Å². The van der Waals surface area contributed by atoms with Gasteiger partial charge in [-0.2, -0.15) is 0 Å². The Bertz CT molecular complexity index is 484. The lowest BCUT2D eigenvalue weighted by Crippen LogP contribution is -2.51. The van der Waals surface area contributed by atoms with E-state index < -0.39 is 0 Å². The number of ether oxygens (including phenoxy) is 1. The van der Waals surface area contributed by atoms with Crippen molar-refractivity contribution in [2.24, 2.45) is 28.6 Å². The van der Waals surface area contributed by atoms with Crippen molar-refractivity contribution in [2.75, 3.05) is 7.11 Å². The molecule has 0 amide bonds. The fourth-order valence-corrected chi connectivity index (χ4v) is 6.98. The Labute approximate surface area is 135 Å². The summed E-state index contributed by atoms with van der Waals surface area (Å²) < 4.78 is 5.86. The Kier molecular flexibility index (Phi) is 3.51. The third-order valence-corrected chi connectivity index (χ3v) is 8.28. The standard InChI is InChI=1S/C20H32O2/c1-19-10-8-14(21)12-13(19)4-5-15-16-6-7-18(22-3)20(16,2)11-9-17(15)19/h4,14-18,21H,5-12H2,1-3H3/t14-,15+,16+,17+,18-,19-,20-/m0/s1. The number of aliphatic hydroxyl groups is 1. The van der Waals surface area contributed by atoms with Gasteiger partial charge in [-0.15, -0.1) is 0 Å². The van der Waals surface area contributed by atoms with Crippen molar-refractivity contribution in [1.82, 2.24) is 0 Å². The Morgan fingerprint density at radius 2 is 1.91 bits per heavy atom. The maximum Gasteiger partial charge on any atom is 0.0627 e. The first-order valence-corrected chi connectivity index (χ1v) is 9.39. The van der Waals surface area contributed by atoms with Gasteiger partial charge in [-0.05, 0) is 80.0 Å². The van der Waals surface area contributed by atoms with E-state index in [4.69, 9.17) is 4.74 Å². The Morgan fingerprint density at radius 1 is 1.09 bits per heavy atom. The zero-order chi connectivity index (χ0) is 15.5. The topological polar surface area (TPSA) is 29.5 Å². The maximum absolute atomic E-state index is 10.1. The average Bonchev–Trinajstić information content (AvgIpc) is 2.84. The van der Waals surface area contributed by atoms with Crippen LogP contribution in [-0.4, -0.2) is 24.4 Å². The fourth-order valence-electron chi connectivity index (χ4n) is 6.98. The van der Waals surface area contributed by atoms with Crippen molar-refractivity contribution in [3.63, 3.8) is 0 Å². The number of allylic oxidation sites excluding steroid dienone is 1. The number of hydrogen-bond acceptors (Lipinski definition) is 2. The monoisotopic (exact) mass is 304 g/mol. The summed E-state index contributed by atoms with van der Waals surface area (Å²) in [4.78, 5) is 0. The number of methoxy groups -OCH3 is 1. The van der Waals surface area contributed by atoms with Crippen molar-refractivity contribution >= 4 is 0 Å². The molecule has 4 aliphatic rings. The summed E-state index contributed by atoms with van der Waals surface area (Å²) in [5.74, 6) is 2.54. The average molecular weight is 304 g/mol. The van der Waals surface area contributed by atoms with Crippen LogP contribution in [0.3, 0.4) is 0 Å². The van der Waals surface area contributed by atoms with Crippen molar-refractivity contribution in [1.29, 1.82) is 0 Å². The predicted octanol–water partition coefficient (Wildman–Crippen LogP) is 4.33. The molecule has 0 aromatic carbocycles. The first-order valence-electron chi connectivity index (χ1n) is 9.39. The van der Waals surface area contributed by atoms with E-state index in [1.54, 1.807) is 5.57 Å². The Morgan fingerprint density at radius 3 is 2.68 bits per heavy atom. The number of hydrogen-bond donors (Lipinski definition) is 1. The lowest BCUT2D eigenvalue weighted by atomic mass is 9.48. The minimum atomic E-state index is -0.0888. The number of rotatable bonds is 1. The van der Waals surface area contributed by atoms with Crippen LogP contribution in [0.15, 0.2) is 11.6 Å². The molecule has 2 nitrogen and oxygen atoms in total. The second-order valence-corrected chi connectivity index (χ2v) is 9.00. The zero-order valence-electron chi connectivity index (χ0n) is 14.5. The summed E-state index contributed by atoms with van der Waals surface area (Å²) in [6.07, 6.45) is 12.6. The van der Waals surface area contributed by atoms with E-state index in [1.165, 1.54) is 38.5 Å². The van der Waals surface area contributed by atoms with E-state index in [9.17, 15) is 5.11 Å². The molecule has 4 rings (SSSR count). The first kappa shape index (κ1) is 15.2.